The van der Waals surface area contributed by atoms with Gasteiger partial charge in [0.25, 0.3) is 0 Å². The molecule has 34 heavy (non-hydrogen) atoms. The Hall–Kier alpha value is -3.87. The third-order valence-electron chi connectivity index (χ3n) is 4.82. The molecule has 7 nitrogen and oxygen atoms in total. The minimum absolute atomic E-state index is 0.529. The van der Waals surface area contributed by atoms with Crippen LogP contribution in [0.15, 0.2) is 77.0 Å². The first kappa shape index (κ1) is 24.8. The molecule has 0 atom stereocenters. The number of hydrogen-bond donors (Lipinski definition) is 1. The highest BCUT2D eigenvalue weighted by Gasteiger charge is 2.07. The van der Waals surface area contributed by atoms with Crippen LogP contribution in [0.25, 0.3) is 0 Å². The zero-order valence-corrected chi connectivity index (χ0v) is 20.2. The van der Waals surface area contributed by atoms with Crippen molar-refractivity contribution in [2.75, 3.05) is 20.3 Å². The molecule has 0 unspecified atom stereocenters. The molecule has 0 radical (unpaired) electrons. The van der Waals surface area contributed by atoms with E-state index in [0.717, 1.165) is 29.2 Å². The summed E-state index contributed by atoms with van der Waals surface area (Å²) in [6.07, 6.45) is 4.41. The summed E-state index contributed by atoms with van der Waals surface area (Å²) in [6.45, 7) is 7.57. The third-order valence-corrected chi connectivity index (χ3v) is 4.82. The van der Waals surface area contributed by atoms with Gasteiger partial charge in [0, 0.05) is 6.20 Å². The number of benzene rings is 2. The number of nitrogens with one attached hydrogen (secondary N) is 1. The Morgan fingerprint density at radius 1 is 1.03 bits per heavy atom. The highest BCUT2D eigenvalue weighted by molar-refractivity contribution is 5.99. The predicted octanol–water partition coefficient (Wildman–Crippen LogP) is 5.62. The molecule has 0 aliphatic heterocycles. The average molecular weight is 461 g/mol. The molecular weight excluding hydrogens is 428 g/mol. The summed E-state index contributed by atoms with van der Waals surface area (Å²) >= 11 is 0. The normalized spacial score (nSPS) is 11.6. The molecule has 1 heterocycles. The smallest absolute Gasteiger partial charge is 0.172 e. The largest absolute Gasteiger partial charge is 0.494 e. The zero-order valence-electron chi connectivity index (χ0n) is 20.2. The van der Waals surface area contributed by atoms with Crippen LogP contribution in [0.5, 0.6) is 17.2 Å². The van der Waals surface area contributed by atoms with Crippen molar-refractivity contribution in [3.63, 3.8) is 0 Å². The monoisotopic (exact) mass is 460 g/mol. The minimum Gasteiger partial charge on any atom is -0.494 e. The van der Waals surface area contributed by atoms with Gasteiger partial charge in [0.2, 0.25) is 0 Å². The van der Waals surface area contributed by atoms with Crippen LogP contribution in [-0.2, 0) is 0 Å². The minimum atomic E-state index is 0.529. The molecule has 0 bridgehead atoms. The first-order valence-electron chi connectivity index (χ1n) is 11.4. The Bertz CT molecular complexity index is 1080. The second kappa shape index (κ2) is 13.0. The molecule has 0 aliphatic carbocycles. The SMILES string of the molecule is CCOc1ccc(N=C(N/N=C/c2ccc(OCCC(C)C)c(OC)c2)c2ccccn2)cc1. The maximum absolute atomic E-state index is 5.86. The van der Waals surface area contributed by atoms with E-state index in [1.54, 1.807) is 19.5 Å². The number of methoxy groups -OCH3 is 1. The number of hydrogen-bond acceptors (Lipinski definition) is 6. The molecule has 0 amide bonds. The summed E-state index contributed by atoms with van der Waals surface area (Å²) < 4.78 is 16.9. The summed E-state index contributed by atoms with van der Waals surface area (Å²) in [7, 11) is 1.63. The summed E-state index contributed by atoms with van der Waals surface area (Å²) in [6, 6.07) is 18.9. The number of pyridine rings is 1. The molecule has 0 saturated carbocycles. The molecule has 0 aliphatic rings. The van der Waals surface area contributed by atoms with Crippen molar-refractivity contribution in [1.82, 2.24) is 10.4 Å². The first-order valence-corrected chi connectivity index (χ1v) is 11.4. The van der Waals surface area contributed by atoms with E-state index >= 15 is 0 Å². The van der Waals surface area contributed by atoms with E-state index in [-0.39, 0.29) is 0 Å². The van der Waals surface area contributed by atoms with Crippen molar-refractivity contribution in [3.05, 3.63) is 78.1 Å². The second-order valence-electron chi connectivity index (χ2n) is 7.91. The second-order valence-corrected chi connectivity index (χ2v) is 7.91. The number of amidine groups is 1. The lowest BCUT2D eigenvalue weighted by Crippen LogP contribution is -2.20. The Labute approximate surface area is 201 Å². The molecular formula is C27H32N4O3. The Kier molecular flexibility index (Phi) is 9.46. The van der Waals surface area contributed by atoms with Gasteiger partial charge in [-0.25, -0.2) is 4.99 Å². The first-order chi connectivity index (χ1) is 16.6. The van der Waals surface area contributed by atoms with E-state index in [4.69, 9.17) is 14.2 Å². The fraction of sp³-hybridized carbons (Fsp3) is 0.296. The third kappa shape index (κ3) is 7.62. The number of aliphatic imine (C=N–C) groups is 1. The van der Waals surface area contributed by atoms with Gasteiger partial charge < -0.3 is 14.2 Å². The van der Waals surface area contributed by atoms with Gasteiger partial charge in [-0.1, -0.05) is 19.9 Å². The van der Waals surface area contributed by atoms with Crippen LogP contribution in [-0.4, -0.2) is 37.4 Å². The van der Waals surface area contributed by atoms with Gasteiger partial charge in [0.1, 0.15) is 11.4 Å². The van der Waals surface area contributed by atoms with Crippen LogP contribution in [0.1, 0.15) is 38.4 Å². The van der Waals surface area contributed by atoms with Crippen LogP contribution in [0, 0.1) is 5.92 Å². The summed E-state index contributed by atoms with van der Waals surface area (Å²) in [5, 5.41) is 4.39. The fourth-order valence-corrected chi connectivity index (χ4v) is 3.01. The quantitative estimate of drug-likeness (QED) is 0.228. The predicted molar refractivity (Wildman–Crippen MR) is 137 cm³/mol. The van der Waals surface area contributed by atoms with Crippen molar-refractivity contribution in [3.8, 4) is 17.2 Å². The van der Waals surface area contributed by atoms with Gasteiger partial charge in [-0.3, -0.25) is 10.4 Å². The number of hydrazone groups is 1. The van der Waals surface area contributed by atoms with Crippen LogP contribution in [0.3, 0.4) is 0 Å². The standard InChI is InChI=1S/C27H32N4O3/c1-5-33-23-12-10-22(11-13-23)30-27(24-8-6-7-16-28-24)31-29-19-21-9-14-25(26(18-21)32-4)34-17-15-20(2)3/h6-14,16,18-20H,5,15,17H2,1-4H3,(H,30,31)/b29-19+. The van der Waals surface area contributed by atoms with E-state index in [1.807, 2.05) is 67.6 Å². The molecule has 1 aromatic heterocycles. The lowest BCUT2D eigenvalue weighted by Gasteiger charge is -2.12. The summed E-state index contributed by atoms with van der Waals surface area (Å²) in [5.74, 6) is 3.31. The van der Waals surface area contributed by atoms with E-state index in [1.165, 1.54) is 0 Å². The maximum Gasteiger partial charge on any atom is 0.172 e. The maximum atomic E-state index is 5.86. The van der Waals surface area contributed by atoms with E-state index in [9.17, 15) is 0 Å². The Morgan fingerprint density at radius 2 is 1.85 bits per heavy atom. The van der Waals surface area contributed by atoms with Crippen molar-refractivity contribution < 1.29 is 14.2 Å². The summed E-state index contributed by atoms with van der Waals surface area (Å²) in [5.41, 5.74) is 5.33. The highest BCUT2D eigenvalue weighted by atomic mass is 16.5. The molecule has 0 spiro atoms. The number of rotatable bonds is 11. The molecule has 3 rings (SSSR count). The van der Waals surface area contributed by atoms with E-state index < -0.39 is 0 Å². The van der Waals surface area contributed by atoms with Gasteiger partial charge in [-0.15, -0.1) is 0 Å². The van der Waals surface area contributed by atoms with Crippen molar-refractivity contribution >= 4 is 17.7 Å². The molecule has 7 heteroatoms. The lowest BCUT2D eigenvalue weighted by atomic mass is 10.1. The van der Waals surface area contributed by atoms with Crippen molar-refractivity contribution in [2.24, 2.45) is 16.0 Å². The van der Waals surface area contributed by atoms with Crippen LogP contribution in [0.2, 0.25) is 0 Å². The number of ether oxygens (including phenoxy) is 3. The van der Waals surface area contributed by atoms with E-state index in [0.29, 0.717) is 36.4 Å². The van der Waals surface area contributed by atoms with Gasteiger partial charge in [0.05, 0.1) is 32.2 Å². The fourth-order valence-electron chi connectivity index (χ4n) is 3.01. The van der Waals surface area contributed by atoms with Crippen molar-refractivity contribution in [1.29, 1.82) is 0 Å². The molecule has 0 saturated heterocycles. The van der Waals surface area contributed by atoms with Crippen LogP contribution >= 0.6 is 0 Å². The van der Waals surface area contributed by atoms with Gasteiger partial charge in [0.15, 0.2) is 17.3 Å². The van der Waals surface area contributed by atoms with Gasteiger partial charge >= 0.3 is 0 Å². The molecule has 3 aromatic rings. The number of nitrogens with zero attached hydrogens (tertiary/aromatic N) is 3. The molecule has 178 valence electrons. The van der Waals surface area contributed by atoms with E-state index in [2.05, 4.69) is 34.4 Å². The zero-order chi connectivity index (χ0) is 24.2. The molecule has 0 fully saturated rings. The molecule has 2 aromatic carbocycles. The lowest BCUT2D eigenvalue weighted by molar-refractivity contribution is 0.273. The Morgan fingerprint density at radius 3 is 2.53 bits per heavy atom. The average Bonchev–Trinajstić information content (AvgIpc) is 2.85. The van der Waals surface area contributed by atoms with Gasteiger partial charge in [-0.05, 0) is 79.4 Å². The summed E-state index contributed by atoms with van der Waals surface area (Å²) in [4.78, 5) is 9.09. The van der Waals surface area contributed by atoms with Gasteiger partial charge in [-0.2, -0.15) is 5.10 Å². The molecule has 1 N–H and O–H groups in total. The van der Waals surface area contributed by atoms with Crippen LogP contribution in [0.4, 0.5) is 5.69 Å². The Balaban J connectivity index is 1.75. The van der Waals surface area contributed by atoms with Crippen LogP contribution < -0.4 is 19.6 Å². The highest BCUT2D eigenvalue weighted by Crippen LogP contribution is 2.28. The number of aromatic nitrogens is 1. The topological polar surface area (TPSA) is 77.3 Å². The van der Waals surface area contributed by atoms with Crippen molar-refractivity contribution in [2.45, 2.75) is 27.2 Å².